The lowest BCUT2D eigenvalue weighted by atomic mass is 10.1. The summed E-state index contributed by atoms with van der Waals surface area (Å²) in [5, 5.41) is 0. The van der Waals surface area contributed by atoms with E-state index in [4.69, 9.17) is 0 Å². The highest BCUT2D eigenvalue weighted by molar-refractivity contribution is 5.89. The van der Waals surface area contributed by atoms with Gasteiger partial charge in [-0.15, -0.1) is 0 Å². The van der Waals surface area contributed by atoms with Gasteiger partial charge < -0.3 is 9.80 Å². The van der Waals surface area contributed by atoms with Gasteiger partial charge in [0, 0.05) is 63.6 Å². The lowest BCUT2D eigenvalue weighted by Crippen LogP contribution is -2.50. The molecule has 2 saturated heterocycles. The van der Waals surface area contributed by atoms with Gasteiger partial charge in [-0.05, 0) is 32.4 Å². The summed E-state index contributed by atoms with van der Waals surface area (Å²) in [5.41, 5.74) is 0.985. The van der Waals surface area contributed by atoms with E-state index in [1.165, 1.54) is 5.56 Å². The van der Waals surface area contributed by atoms with Crippen molar-refractivity contribution in [3.8, 4) is 0 Å². The number of carbonyl (C=O) groups is 2. The second kappa shape index (κ2) is 7.12. The topological polar surface area (TPSA) is 56.8 Å². The molecule has 25 heavy (non-hydrogen) atoms. The first-order chi connectivity index (χ1) is 11.8. The molecule has 0 aromatic carbocycles. The number of pyridine rings is 1. The number of amides is 2. The molecule has 3 heterocycles. The number of hydrogen-bond acceptors (Lipinski definition) is 4. The smallest absolute Gasteiger partial charge is 0.228 e. The molecule has 0 saturated carbocycles. The highest BCUT2D eigenvalue weighted by Crippen LogP contribution is 2.27. The molecule has 0 aliphatic carbocycles. The largest absolute Gasteiger partial charge is 0.340 e. The van der Waals surface area contributed by atoms with Crippen LogP contribution in [-0.2, 0) is 16.1 Å². The van der Waals surface area contributed by atoms with Gasteiger partial charge in [-0.25, -0.2) is 0 Å². The molecule has 1 aromatic heterocycles. The summed E-state index contributed by atoms with van der Waals surface area (Å²) in [7, 11) is 0. The van der Waals surface area contributed by atoms with E-state index in [1.807, 2.05) is 42.8 Å². The Labute approximate surface area is 149 Å². The van der Waals surface area contributed by atoms with Crippen molar-refractivity contribution in [2.75, 3.05) is 32.7 Å². The average molecular weight is 344 g/mol. The second-order valence-electron chi connectivity index (χ2n) is 8.04. The Hall–Kier alpha value is -1.95. The van der Waals surface area contributed by atoms with Crippen LogP contribution in [0, 0.1) is 5.92 Å². The number of carbonyl (C=O) groups excluding carboxylic acids is 2. The minimum atomic E-state index is -0.214. The van der Waals surface area contributed by atoms with Crippen LogP contribution in [0.25, 0.3) is 0 Å². The lowest BCUT2D eigenvalue weighted by molar-refractivity contribution is -0.137. The third-order valence-corrected chi connectivity index (χ3v) is 5.10. The quantitative estimate of drug-likeness (QED) is 0.831. The second-order valence-corrected chi connectivity index (χ2v) is 8.04. The molecular formula is C19H28N4O2. The van der Waals surface area contributed by atoms with Crippen molar-refractivity contribution < 1.29 is 9.59 Å². The summed E-state index contributed by atoms with van der Waals surface area (Å²) in [5.74, 6) is 0.0544. The van der Waals surface area contributed by atoms with Crippen LogP contribution in [-0.4, -0.2) is 69.8 Å². The molecule has 0 unspecified atom stereocenters. The zero-order valence-electron chi connectivity index (χ0n) is 15.4. The summed E-state index contributed by atoms with van der Waals surface area (Å²) in [6, 6.07) is 4.03. The van der Waals surface area contributed by atoms with Crippen LogP contribution in [0.1, 0.15) is 32.8 Å². The summed E-state index contributed by atoms with van der Waals surface area (Å²) < 4.78 is 0. The standard InChI is InChI=1S/C19H28N4O2/c1-19(2,3)23-14-16(11-17(23)24)18(25)22-9-7-21(8-10-22)13-15-5-4-6-20-12-15/h4-6,12,16H,7-11,13-14H2,1-3H3/t16-/m1/s1. The van der Waals surface area contributed by atoms with Crippen molar-refractivity contribution in [2.24, 2.45) is 5.92 Å². The molecule has 0 spiro atoms. The highest BCUT2D eigenvalue weighted by atomic mass is 16.2. The van der Waals surface area contributed by atoms with Gasteiger partial charge in [0.15, 0.2) is 0 Å². The Morgan fingerprint density at radius 1 is 1.24 bits per heavy atom. The van der Waals surface area contributed by atoms with Crippen LogP contribution in [0.4, 0.5) is 0 Å². The average Bonchev–Trinajstić information content (AvgIpc) is 2.98. The molecule has 3 rings (SSSR count). The first kappa shape index (κ1) is 17.9. The predicted octanol–water partition coefficient (Wildman–Crippen LogP) is 1.37. The van der Waals surface area contributed by atoms with Gasteiger partial charge in [-0.3, -0.25) is 19.5 Å². The van der Waals surface area contributed by atoms with E-state index >= 15 is 0 Å². The number of piperazine rings is 1. The van der Waals surface area contributed by atoms with Crippen LogP contribution in [0.3, 0.4) is 0 Å². The zero-order chi connectivity index (χ0) is 18.0. The summed E-state index contributed by atoms with van der Waals surface area (Å²) in [4.78, 5) is 35.3. The molecule has 0 radical (unpaired) electrons. The number of rotatable bonds is 3. The molecule has 2 amide bonds. The zero-order valence-corrected chi connectivity index (χ0v) is 15.4. The SMILES string of the molecule is CC(C)(C)N1C[C@H](C(=O)N2CCN(Cc3cccnc3)CC2)CC1=O. The van der Waals surface area contributed by atoms with Gasteiger partial charge in [-0.2, -0.15) is 0 Å². The van der Waals surface area contributed by atoms with E-state index < -0.39 is 0 Å². The fraction of sp³-hybridized carbons (Fsp3) is 0.632. The maximum atomic E-state index is 12.8. The van der Waals surface area contributed by atoms with Gasteiger partial charge in [0.05, 0.1) is 5.92 Å². The van der Waals surface area contributed by atoms with Crippen LogP contribution in [0.5, 0.6) is 0 Å². The molecule has 2 fully saturated rings. The van der Waals surface area contributed by atoms with Crippen LogP contribution < -0.4 is 0 Å². The molecule has 1 aromatic rings. The Morgan fingerprint density at radius 3 is 2.52 bits per heavy atom. The lowest BCUT2D eigenvalue weighted by Gasteiger charge is -2.36. The van der Waals surface area contributed by atoms with E-state index in [2.05, 4.69) is 16.0 Å². The van der Waals surface area contributed by atoms with E-state index in [-0.39, 0.29) is 23.3 Å². The molecule has 6 heteroatoms. The molecule has 136 valence electrons. The number of likely N-dealkylation sites (tertiary alicyclic amines) is 1. The number of aromatic nitrogens is 1. The molecule has 2 aliphatic rings. The van der Waals surface area contributed by atoms with Crippen molar-refractivity contribution in [1.82, 2.24) is 19.7 Å². The molecule has 0 bridgehead atoms. The Balaban J connectivity index is 1.51. The van der Waals surface area contributed by atoms with Crippen LogP contribution in [0.15, 0.2) is 24.5 Å². The Kier molecular flexibility index (Phi) is 5.08. The van der Waals surface area contributed by atoms with E-state index in [0.29, 0.717) is 13.0 Å². The first-order valence-corrected chi connectivity index (χ1v) is 9.05. The Morgan fingerprint density at radius 2 is 1.96 bits per heavy atom. The third kappa shape index (κ3) is 4.18. The summed E-state index contributed by atoms with van der Waals surface area (Å²) >= 11 is 0. The third-order valence-electron chi connectivity index (χ3n) is 5.10. The van der Waals surface area contributed by atoms with E-state index in [0.717, 1.165) is 32.7 Å². The normalized spacial score (nSPS) is 22.5. The van der Waals surface area contributed by atoms with Crippen LogP contribution >= 0.6 is 0 Å². The predicted molar refractivity (Wildman–Crippen MR) is 95.7 cm³/mol. The molecule has 2 aliphatic heterocycles. The molecule has 1 atom stereocenters. The molecular weight excluding hydrogens is 316 g/mol. The van der Waals surface area contributed by atoms with Gasteiger partial charge >= 0.3 is 0 Å². The van der Waals surface area contributed by atoms with Crippen molar-refractivity contribution in [3.05, 3.63) is 30.1 Å². The van der Waals surface area contributed by atoms with E-state index in [1.54, 1.807) is 6.20 Å². The van der Waals surface area contributed by atoms with E-state index in [9.17, 15) is 9.59 Å². The van der Waals surface area contributed by atoms with Crippen molar-refractivity contribution >= 4 is 11.8 Å². The highest BCUT2D eigenvalue weighted by Gasteiger charge is 2.41. The maximum absolute atomic E-state index is 12.8. The summed E-state index contributed by atoms with van der Waals surface area (Å²) in [6.45, 7) is 10.7. The van der Waals surface area contributed by atoms with Gasteiger partial charge in [0.1, 0.15) is 0 Å². The minimum absolute atomic E-state index is 0.0982. The monoisotopic (exact) mass is 344 g/mol. The van der Waals surface area contributed by atoms with Gasteiger partial charge in [0.25, 0.3) is 0 Å². The van der Waals surface area contributed by atoms with Gasteiger partial charge in [-0.1, -0.05) is 6.07 Å². The minimum Gasteiger partial charge on any atom is -0.340 e. The molecule has 6 nitrogen and oxygen atoms in total. The van der Waals surface area contributed by atoms with Crippen molar-refractivity contribution in [1.29, 1.82) is 0 Å². The van der Waals surface area contributed by atoms with Crippen LogP contribution in [0.2, 0.25) is 0 Å². The van der Waals surface area contributed by atoms with Crippen molar-refractivity contribution in [2.45, 2.75) is 39.3 Å². The fourth-order valence-corrected chi connectivity index (χ4v) is 3.66. The van der Waals surface area contributed by atoms with Gasteiger partial charge in [0.2, 0.25) is 11.8 Å². The summed E-state index contributed by atoms with van der Waals surface area (Å²) in [6.07, 6.45) is 4.03. The van der Waals surface area contributed by atoms with Crippen molar-refractivity contribution in [3.63, 3.8) is 0 Å². The maximum Gasteiger partial charge on any atom is 0.228 e. The fourth-order valence-electron chi connectivity index (χ4n) is 3.66. The first-order valence-electron chi connectivity index (χ1n) is 9.05. The number of hydrogen-bond donors (Lipinski definition) is 0. The Bertz CT molecular complexity index is 618. The number of nitrogens with zero attached hydrogens (tertiary/aromatic N) is 4. The molecule has 0 N–H and O–H groups in total.